The third-order valence-corrected chi connectivity index (χ3v) is 5.71. The van der Waals surface area contributed by atoms with Crippen molar-refractivity contribution < 1.29 is 9.84 Å². The van der Waals surface area contributed by atoms with Crippen molar-refractivity contribution in [3.8, 4) is 23.3 Å². The number of aliphatic hydroxyl groups excluding tert-OH is 1. The number of hydrogen-bond donors (Lipinski definition) is 1. The lowest BCUT2D eigenvalue weighted by Gasteiger charge is -2.08. The van der Waals surface area contributed by atoms with Gasteiger partial charge in [-0.2, -0.15) is 5.26 Å². The molecule has 4 rings (SSSR count). The van der Waals surface area contributed by atoms with Crippen LogP contribution in [0, 0.1) is 11.3 Å². The van der Waals surface area contributed by atoms with E-state index in [9.17, 15) is 5.11 Å². The molecule has 0 saturated carbocycles. The minimum atomic E-state index is -0.803. The van der Waals surface area contributed by atoms with E-state index in [1.54, 1.807) is 37.6 Å². The third kappa shape index (κ3) is 3.68. The number of rotatable bonds is 5. The highest BCUT2D eigenvalue weighted by Gasteiger charge is 2.18. The van der Waals surface area contributed by atoms with Crippen molar-refractivity contribution in [1.82, 2.24) is 15.0 Å². The van der Waals surface area contributed by atoms with Crippen molar-refractivity contribution in [3.05, 3.63) is 70.4 Å². The van der Waals surface area contributed by atoms with E-state index >= 15 is 0 Å². The lowest BCUT2D eigenvalue weighted by Crippen LogP contribution is -1.98. The molecule has 144 valence electrons. The number of methoxy groups -OCH3 is 1. The van der Waals surface area contributed by atoms with E-state index in [0.29, 0.717) is 22.8 Å². The van der Waals surface area contributed by atoms with E-state index in [4.69, 9.17) is 20.0 Å². The van der Waals surface area contributed by atoms with Gasteiger partial charge in [0.05, 0.1) is 24.4 Å². The molecule has 0 bridgehead atoms. The molecule has 3 aromatic heterocycles. The van der Waals surface area contributed by atoms with Crippen molar-refractivity contribution in [1.29, 1.82) is 5.26 Å². The zero-order chi connectivity index (χ0) is 20.4. The Labute approximate surface area is 172 Å². The monoisotopic (exact) mass is 402 g/mol. The number of fused-ring (bicyclic) bond motifs is 1. The van der Waals surface area contributed by atoms with E-state index in [2.05, 4.69) is 11.1 Å². The summed E-state index contributed by atoms with van der Waals surface area (Å²) in [7, 11) is 1.55. The SMILES string of the molecule is CCc1nc(-c2cccc(C#N)c2)nc2sc(C(O)c3ccc(OC)nc3)cc12. The van der Waals surface area contributed by atoms with E-state index in [1.165, 1.54) is 11.3 Å². The Hall–Kier alpha value is -3.34. The van der Waals surface area contributed by atoms with Gasteiger partial charge in [0.15, 0.2) is 5.82 Å². The second-order valence-electron chi connectivity index (χ2n) is 6.44. The molecule has 4 aromatic rings. The summed E-state index contributed by atoms with van der Waals surface area (Å²) in [5.41, 5.74) is 2.97. The van der Waals surface area contributed by atoms with Crippen LogP contribution in [0.2, 0.25) is 0 Å². The largest absolute Gasteiger partial charge is 0.481 e. The number of aliphatic hydroxyl groups is 1. The zero-order valence-electron chi connectivity index (χ0n) is 16.0. The highest BCUT2D eigenvalue weighted by molar-refractivity contribution is 7.18. The van der Waals surface area contributed by atoms with Crippen molar-refractivity contribution in [3.63, 3.8) is 0 Å². The van der Waals surface area contributed by atoms with Crippen LogP contribution in [0.5, 0.6) is 5.88 Å². The fraction of sp³-hybridized carbons (Fsp3) is 0.182. The summed E-state index contributed by atoms with van der Waals surface area (Å²) in [6, 6.07) is 14.9. The molecular formula is C22H18N4O2S. The number of pyridine rings is 1. The Bertz CT molecular complexity index is 1210. The van der Waals surface area contributed by atoms with Gasteiger partial charge >= 0.3 is 0 Å². The molecule has 1 atom stereocenters. The molecule has 0 spiro atoms. The van der Waals surface area contributed by atoms with Crippen LogP contribution in [-0.4, -0.2) is 27.2 Å². The molecule has 1 N–H and O–H groups in total. The van der Waals surface area contributed by atoms with Crippen molar-refractivity contribution in [2.24, 2.45) is 0 Å². The molecule has 0 aliphatic rings. The average molecular weight is 402 g/mol. The second kappa shape index (κ2) is 7.95. The van der Waals surface area contributed by atoms with Gasteiger partial charge in [-0.25, -0.2) is 15.0 Å². The fourth-order valence-electron chi connectivity index (χ4n) is 3.10. The summed E-state index contributed by atoms with van der Waals surface area (Å²) in [5, 5.41) is 20.9. The summed E-state index contributed by atoms with van der Waals surface area (Å²) >= 11 is 1.43. The summed E-state index contributed by atoms with van der Waals surface area (Å²) in [6.07, 6.45) is 1.54. The van der Waals surface area contributed by atoms with Gasteiger partial charge in [0.1, 0.15) is 10.9 Å². The van der Waals surface area contributed by atoms with Crippen molar-refractivity contribution in [2.75, 3.05) is 7.11 Å². The van der Waals surface area contributed by atoms with Gasteiger partial charge in [-0.3, -0.25) is 0 Å². The summed E-state index contributed by atoms with van der Waals surface area (Å²) in [4.78, 5) is 15.2. The minimum Gasteiger partial charge on any atom is -0.481 e. The van der Waals surface area contributed by atoms with E-state index in [-0.39, 0.29) is 0 Å². The molecule has 3 heterocycles. The predicted molar refractivity (Wildman–Crippen MR) is 112 cm³/mol. The predicted octanol–water partition coefficient (Wildman–Crippen LogP) is 4.28. The molecule has 7 heteroatoms. The van der Waals surface area contributed by atoms with Gasteiger partial charge in [0.25, 0.3) is 0 Å². The number of aryl methyl sites for hydroxylation is 1. The topological polar surface area (TPSA) is 91.9 Å². The normalized spacial score (nSPS) is 11.9. The summed E-state index contributed by atoms with van der Waals surface area (Å²) < 4.78 is 5.08. The van der Waals surface area contributed by atoms with Crippen LogP contribution in [0.1, 0.15) is 34.7 Å². The molecule has 29 heavy (non-hydrogen) atoms. The third-order valence-electron chi connectivity index (χ3n) is 4.63. The van der Waals surface area contributed by atoms with Crippen LogP contribution in [0.25, 0.3) is 21.6 Å². The molecular weight excluding hydrogens is 384 g/mol. The number of nitrogens with zero attached hydrogens (tertiary/aromatic N) is 4. The van der Waals surface area contributed by atoms with Crippen molar-refractivity contribution >= 4 is 21.6 Å². The van der Waals surface area contributed by atoms with Crippen LogP contribution >= 0.6 is 11.3 Å². The maximum absolute atomic E-state index is 10.8. The molecule has 0 saturated heterocycles. The Morgan fingerprint density at radius 1 is 1.21 bits per heavy atom. The van der Waals surface area contributed by atoms with Crippen LogP contribution in [0.3, 0.4) is 0 Å². The van der Waals surface area contributed by atoms with E-state index in [1.807, 2.05) is 25.1 Å². The van der Waals surface area contributed by atoms with Crippen molar-refractivity contribution in [2.45, 2.75) is 19.4 Å². The van der Waals surface area contributed by atoms with E-state index < -0.39 is 6.10 Å². The lowest BCUT2D eigenvalue weighted by atomic mass is 10.1. The number of benzene rings is 1. The molecule has 0 aliphatic carbocycles. The van der Waals surface area contributed by atoms with E-state index in [0.717, 1.165) is 32.8 Å². The zero-order valence-corrected chi connectivity index (χ0v) is 16.8. The fourth-order valence-corrected chi connectivity index (χ4v) is 4.17. The highest BCUT2D eigenvalue weighted by Crippen LogP contribution is 2.35. The molecule has 1 unspecified atom stereocenters. The Kier molecular flexibility index (Phi) is 5.21. The Morgan fingerprint density at radius 2 is 2.07 bits per heavy atom. The first-order valence-corrected chi connectivity index (χ1v) is 9.93. The lowest BCUT2D eigenvalue weighted by molar-refractivity contribution is 0.223. The average Bonchev–Trinajstić information content (AvgIpc) is 3.22. The first-order chi connectivity index (χ1) is 14.1. The standard InChI is InChI=1S/C22H18N4O2S/c1-3-17-16-10-18(20(27)15-7-8-19(28-2)24-12-15)29-22(16)26-21(25-17)14-6-4-5-13(9-14)11-23/h4-10,12,20,27H,3H2,1-2H3. The molecule has 0 amide bonds. The number of nitriles is 1. The summed E-state index contributed by atoms with van der Waals surface area (Å²) in [5.74, 6) is 1.08. The van der Waals surface area contributed by atoms with Gasteiger partial charge in [-0.1, -0.05) is 19.1 Å². The summed E-state index contributed by atoms with van der Waals surface area (Å²) in [6.45, 7) is 2.04. The van der Waals surface area contributed by atoms with Crippen LogP contribution < -0.4 is 4.74 Å². The van der Waals surface area contributed by atoms with Crippen LogP contribution in [0.4, 0.5) is 0 Å². The minimum absolute atomic E-state index is 0.501. The number of aromatic nitrogens is 3. The smallest absolute Gasteiger partial charge is 0.212 e. The second-order valence-corrected chi connectivity index (χ2v) is 7.51. The van der Waals surface area contributed by atoms with Crippen LogP contribution in [0.15, 0.2) is 48.7 Å². The Morgan fingerprint density at radius 3 is 2.76 bits per heavy atom. The van der Waals surface area contributed by atoms with Gasteiger partial charge in [-0.05, 0) is 30.7 Å². The molecule has 0 radical (unpaired) electrons. The first kappa shape index (κ1) is 19.0. The van der Waals surface area contributed by atoms with Gasteiger partial charge in [-0.15, -0.1) is 11.3 Å². The number of ether oxygens (including phenoxy) is 1. The number of hydrogen-bond acceptors (Lipinski definition) is 7. The maximum Gasteiger partial charge on any atom is 0.212 e. The van der Waals surface area contributed by atoms with Crippen LogP contribution in [-0.2, 0) is 6.42 Å². The highest BCUT2D eigenvalue weighted by atomic mass is 32.1. The molecule has 0 fully saturated rings. The molecule has 6 nitrogen and oxygen atoms in total. The quantitative estimate of drug-likeness (QED) is 0.536. The first-order valence-electron chi connectivity index (χ1n) is 9.11. The molecule has 1 aromatic carbocycles. The maximum atomic E-state index is 10.8. The van der Waals surface area contributed by atoms with Gasteiger partial charge < -0.3 is 9.84 Å². The molecule has 0 aliphatic heterocycles. The Balaban J connectivity index is 1.77. The van der Waals surface area contributed by atoms with Gasteiger partial charge in [0.2, 0.25) is 5.88 Å². The van der Waals surface area contributed by atoms with Gasteiger partial charge in [0, 0.05) is 33.7 Å². The number of thiophene rings is 1.